The molecular weight excluding hydrogens is 339 g/mol. The first-order valence-electron chi connectivity index (χ1n) is 9.91. The Hall–Kier alpha value is -2.20. The highest BCUT2D eigenvalue weighted by molar-refractivity contribution is 5.79. The molecule has 1 saturated heterocycles. The number of benzene rings is 2. The van der Waals surface area contributed by atoms with E-state index in [1.165, 1.54) is 17.7 Å². The van der Waals surface area contributed by atoms with Gasteiger partial charge in [0.25, 0.3) is 0 Å². The fourth-order valence-corrected chi connectivity index (χ4v) is 3.72. The van der Waals surface area contributed by atoms with Gasteiger partial charge < -0.3 is 5.32 Å². The highest BCUT2D eigenvalue weighted by Gasteiger charge is 2.26. The van der Waals surface area contributed by atoms with Crippen molar-refractivity contribution in [2.75, 3.05) is 13.1 Å². The lowest BCUT2D eigenvalue weighted by molar-refractivity contribution is -0.127. The lowest BCUT2D eigenvalue weighted by Gasteiger charge is -2.32. The van der Waals surface area contributed by atoms with Crippen molar-refractivity contribution in [3.8, 4) is 0 Å². The molecule has 3 nitrogen and oxygen atoms in total. The van der Waals surface area contributed by atoms with Gasteiger partial charge in [-0.05, 0) is 62.4 Å². The van der Waals surface area contributed by atoms with Crippen molar-refractivity contribution in [2.45, 2.75) is 45.2 Å². The van der Waals surface area contributed by atoms with Gasteiger partial charge in [0.2, 0.25) is 5.91 Å². The first-order valence-corrected chi connectivity index (χ1v) is 9.91. The van der Waals surface area contributed by atoms with Crippen LogP contribution < -0.4 is 5.32 Å². The third-order valence-corrected chi connectivity index (χ3v) is 5.29. The molecule has 144 valence electrons. The van der Waals surface area contributed by atoms with E-state index in [4.69, 9.17) is 0 Å². The van der Waals surface area contributed by atoms with Gasteiger partial charge in [-0.15, -0.1) is 0 Å². The molecule has 0 aromatic heterocycles. The maximum Gasteiger partial charge on any atom is 0.224 e. The molecule has 2 aromatic carbocycles. The van der Waals surface area contributed by atoms with E-state index in [0.29, 0.717) is 0 Å². The molecule has 27 heavy (non-hydrogen) atoms. The molecule has 0 spiro atoms. The highest BCUT2D eigenvalue weighted by atomic mass is 19.1. The Balaban J connectivity index is 1.45. The van der Waals surface area contributed by atoms with Crippen molar-refractivity contribution in [3.05, 3.63) is 71.5 Å². The zero-order valence-corrected chi connectivity index (χ0v) is 16.0. The number of carbonyl (C=O) groups is 1. The van der Waals surface area contributed by atoms with Gasteiger partial charge in [0.15, 0.2) is 0 Å². The molecule has 0 radical (unpaired) electrons. The van der Waals surface area contributed by atoms with Crippen LogP contribution in [0, 0.1) is 11.7 Å². The molecule has 1 N–H and O–H groups in total. The Bertz CT molecular complexity index is 717. The van der Waals surface area contributed by atoms with E-state index in [1.54, 1.807) is 0 Å². The molecule has 0 aliphatic carbocycles. The van der Waals surface area contributed by atoms with E-state index < -0.39 is 0 Å². The number of aryl methyl sites for hydroxylation is 1. The van der Waals surface area contributed by atoms with Crippen molar-refractivity contribution < 1.29 is 9.18 Å². The molecule has 1 aliphatic heterocycles. The summed E-state index contributed by atoms with van der Waals surface area (Å²) in [5, 5.41) is 3.20. The fraction of sp³-hybridized carbons (Fsp3) is 0.435. The van der Waals surface area contributed by atoms with Crippen molar-refractivity contribution >= 4 is 5.91 Å². The van der Waals surface area contributed by atoms with Crippen LogP contribution in [-0.4, -0.2) is 29.9 Å². The minimum Gasteiger partial charge on any atom is -0.353 e. The fourth-order valence-electron chi connectivity index (χ4n) is 3.72. The van der Waals surface area contributed by atoms with Crippen LogP contribution in [0.2, 0.25) is 0 Å². The van der Waals surface area contributed by atoms with E-state index >= 15 is 0 Å². The summed E-state index contributed by atoms with van der Waals surface area (Å²) in [5.41, 5.74) is 2.40. The molecule has 3 rings (SSSR count). The number of nitrogens with one attached hydrogen (secondary N) is 1. The largest absolute Gasteiger partial charge is 0.353 e. The van der Waals surface area contributed by atoms with Gasteiger partial charge in [0, 0.05) is 19.1 Å². The Labute approximate surface area is 161 Å². The van der Waals surface area contributed by atoms with Crippen LogP contribution in [0.15, 0.2) is 54.6 Å². The lowest BCUT2D eigenvalue weighted by Crippen LogP contribution is -2.45. The summed E-state index contributed by atoms with van der Waals surface area (Å²) in [5.74, 6) is -0.00289. The van der Waals surface area contributed by atoms with Crippen molar-refractivity contribution in [1.82, 2.24) is 10.2 Å². The quantitative estimate of drug-likeness (QED) is 0.795. The SMILES string of the molecule is C[C@@H](CCc1ccccc1)NC(=O)[C@H]1CCCN(Cc2ccc(F)cc2)C1. The zero-order valence-electron chi connectivity index (χ0n) is 16.0. The van der Waals surface area contributed by atoms with E-state index in [1.807, 2.05) is 18.2 Å². The van der Waals surface area contributed by atoms with Gasteiger partial charge in [0.1, 0.15) is 5.82 Å². The second kappa shape index (κ2) is 9.65. The third-order valence-electron chi connectivity index (χ3n) is 5.29. The van der Waals surface area contributed by atoms with Crippen LogP contribution in [0.5, 0.6) is 0 Å². The van der Waals surface area contributed by atoms with Gasteiger partial charge in [0.05, 0.1) is 5.92 Å². The van der Waals surface area contributed by atoms with E-state index in [0.717, 1.165) is 50.9 Å². The predicted molar refractivity (Wildman–Crippen MR) is 107 cm³/mol. The van der Waals surface area contributed by atoms with E-state index in [9.17, 15) is 9.18 Å². The molecule has 1 aliphatic rings. The van der Waals surface area contributed by atoms with Gasteiger partial charge in [-0.1, -0.05) is 42.5 Å². The molecule has 1 fully saturated rings. The molecule has 2 aromatic rings. The number of halogens is 1. The molecule has 4 heteroatoms. The Morgan fingerprint density at radius 2 is 1.89 bits per heavy atom. The first kappa shape index (κ1) is 19.6. The Morgan fingerprint density at radius 1 is 1.15 bits per heavy atom. The van der Waals surface area contributed by atoms with Crippen LogP contribution in [0.4, 0.5) is 4.39 Å². The van der Waals surface area contributed by atoms with Crippen molar-refractivity contribution in [1.29, 1.82) is 0 Å². The molecule has 1 amide bonds. The van der Waals surface area contributed by atoms with Crippen LogP contribution >= 0.6 is 0 Å². The number of amides is 1. The van der Waals surface area contributed by atoms with E-state index in [-0.39, 0.29) is 23.7 Å². The first-order chi connectivity index (χ1) is 13.1. The number of hydrogen-bond acceptors (Lipinski definition) is 2. The second-order valence-corrected chi connectivity index (χ2v) is 7.63. The van der Waals surface area contributed by atoms with Crippen LogP contribution in [-0.2, 0) is 17.8 Å². The molecule has 0 bridgehead atoms. The lowest BCUT2D eigenvalue weighted by atomic mass is 9.96. The van der Waals surface area contributed by atoms with Gasteiger partial charge >= 0.3 is 0 Å². The minimum atomic E-state index is -0.209. The standard InChI is InChI=1S/C23H29FN2O/c1-18(9-10-19-6-3-2-4-7-19)25-23(27)21-8-5-15-26(17-21)16-20-11-13-22(24)14-12-20/h2-4,6-7,11-14,18,21H,5,8-10,15-17H2,1H3,(H,25,27)/t18-,21-/m0/s1. The number of piperidine rings is 1. The number of hydrogen-bond donors (Lipinski definition) is 1. The average Bonchev–Trinajstić information content (AvgIpc) is 2.69. The van der Waals surface area contributed by atoms with Crippen LogP contribution in [0.1, 0.15) is 37.3 Å². The summed E-state index contributed by atoms with van der Waals surface area (Å²) in [6.07, 6.45) is 3.89. The summed E-state index contributed by atoms with van der Waals surface area (Å²) in [4.78, 5) is 15.0. The van der Waals surface area contributed by atoms with Gasteiger partial charge in [-0.3, -0.25) is 9.69 Å². The number of carbonyl (C=O) groups excluding carboxylic acids is 1. The summed E-state index contributed by atoms with van der Waals surface area (Å²) in [6.45, 7) is 4.62. The number of likely N-dealkylation sites (tertiary alicyclic amines) is 1. The zero-order chi connectivity index (χ0) is 19.1. The van der Waals surface area contributed by atoms with Crippen molar-refractivity contribution in [3.63, 3.8) is 0 Å². The smallest absolute Gasteiger partial charge is 0.224 e. The Kier molecular flexibility index (Phi) is 6.99. The highest BCUT2D eigenvalue weighted by Crippen LogP contribution is 2.19. The minimum absolute atomic E-state index is 0.0402. The summed E-state index contributed by atoms with van der Waals surface area (Å²) in [7, 11) is 0. The monoisotopic (exact) mass is 368 g/mol. The predicted octanol–water partition coefficient (Wildman–Crippen LogP) is 4.18. The Morgan fingerprint density at radius 3 is 2.63 bits per heavy atom. The summed E-state index contributed by atoms with van der Waals surface area (Å²) < 4.78 is 13.1. The number of rotatable bonds is 7. The van der Waals surface area contributed by atoms with E-state index in [2.05, 4.69) is 41.4 Å². The number of nitrogens with zero attached hydrogens (tertiary/aromatic N) is 1. The van der Waals surface area contributed by atoms with Crippen LogP contribution in [0.25, 0.3) is 0 Å². The van der Waals surface area contributed by atoms with Gasteiger partial charge in [-0.2, -0.15) is 0 Å². The van der Waals surface area contributed by atoms with Crippen molar-refractivity contribution in [2.24, 2.45) is 5.92 Å². The van der Waals surface area contributed by atoms with Gasteiger partial charge in [-0.25, -0.2) is 4.39 Å². The maximum atomic E-state index is 13.1. The summed E-state index contributed by atoms with van der Waals surface area (Å²) >= 11 is 0. The normalized spacial score (nSPS) is 18.8. The molecule has 0 unspecified atom stereocenters. The molecule has 1 heterocycles. The molecule has 0 saturated carbocycles. The molecular formula is C23H29FN2O. The second-order valence-electron chi connectivity index (χ2n) is 7.63. The van der Waals surface area contributed by atoms with Crippen LogP contribution in [0.3, 0.4) is 0 Å². The maximum absolute atomic E-state index is 13.1. The summed E-state index contributed by atoms with van der Waals surface area (Å²) in [6, 6.07) is 17.2. The third kappa shape index (κ3) is 6.17. The topological polar surface area (TPSA) is 32.3 Å². The average molecular weight is 368 g/mol. The molecule has 2 atom stereocenters.